The van der Waals surface area contributed by atoms with Gasteiger partial charge >= 0.3 is 0 Å². The van der Waals surface area contributed by atoms with Crippen molar-refractivity contribution in [2.24, 2.45) is 0 Å². The molecule has 1 aromatic heterocycles. The Hall–Kier alpha value is -0.880. The molecule has 0 saturated carbocycles. The summed E-state index contributed by atoms with van der Waals surface area (Å²) in [5.41, 5.74) is 1.44. The van der Waals surface area contributed by atoms with Crippen LogP contribution < -0.4 is 5.32 Å². The number of carbonyl (C=O) groups is 1. The van der Waals surface area contributed by atoms with Crippen LogP contribution in [0.2, 0.25) is 0 Å². The Labute approximate surface area is 110 Å². The fraction of sp³-hybridized carbons (Fsp3) is 0.636. The van der Waals surface area contributed by atoms with Gasteiger partial charge < -0.3 is 10.1 Å². The third-order valence-corrected chi connectivity index (χ3v) is 3.11. The molecule has 0 bridgehead atoms. The first-order chi connectivity index (χ1) is 8.12. The van der Waals surface area contributed by atoms with Crippen molar-refractivity contribution >= 4 is 21.8 Å². The van der Waals surface area contributed by atoms with Gasteiger partial charge in [0, 0.05) is 19.0 Å². The van der Waals surface area contributed by atoms with Gasteiger partial charge in [-0.3, -0.25) is 9.48 Å². The fourth-order valence-electron chi connectivity index (χ4n) is 1.55. The zero-order chi connectivity index (χ0) is 12.8. The van der Waals surface area contributed by atoms with E-state index in [9.17, 15) is 4.79 Å². The van der Waals surface area contributed by atoms with Crippen molar-refractivity contribution < 1.29 is 9.53 Å². The van der Waals surface area contributed by atoms with Gasteiger partial charge in [0.05, 0.1) is 18.3 Å². The van der Waals surface area contributed by atoms with Crippen LogP contribution in [0.25, 0.3) is 0 Å². The van der Waals surface area contributed by atoms with Crippen LogP contribution in [0.5, 0.6) is 0 Å². The van der Waals surface area contributed by atoms with E-state index < -0.39 is 0 Å². The maximum absolute atomic E-state index is 12.0. The molecule has 1 amide bonds. The molecule has 1 atom stereocenters. The Bertz CT molecular complexity index is 379. The van der Waals surface area contributed by atoms with Crippen molar-refractivity contribution in [2.75, 3.05) is 19.0 Å². The number of carbonyl (C=O) groups excluding carboxylic acids is 1. The summed E-state index contributed by atoms with van der Waals surface area (Å²) < 4.78 is 6.72. The normalized spacial score (nSPS) is 12.5. The standard InChI is InChI=1S/C11H18BrN3O2/c1-4-15-10(5-8(2)14-15)11(16)13-9(6-12)7-17-3/h5,9H,4,6-7H2,1-3H3,(H,13,16). The van der Waals surface area contributed by atoms with Gasteiger partial charge in [-0.15, -0.1) is 0 Å². The molecular formula is C11H18BrN3O2. The van der Waals surface area contributed by atoms with E-state index >= 15 is 0 Å². The van der Waals surface area contributed by atoms with Crippen molar-refractivity contribution in [3.63, 3.8) is 0 Å². The van der Waals surface area contributed by atoms with Crippen molar-refractivity contribution in [2.45, 2.75) is 26.4 Å². The lowest BCUT2D eigenvalue weighted by atomic mass is 10.3. The van der Waals surface area contributed by atoms with Crippen LogP contribution in [0.15, 0.2) is 6.07 Å². The van der Waals surface area contributed by atoms with Gasteiger partial charge in [0.1, 0.15) is 5.69 Å². The lowest BCUT2D eigenvalue weighted by Gasteiger charge is -2.15. The minimum Gasteiger partial charge on any atom is -0.383 e. The molecular weight excluding hydrogens is 286 g/mol. The number of alkyl halides is 1. The van der Waals surface area contributed by atoms with Gasteiger partial charge in [-0.25, -0.2) is 0 Å². The molecule has 0 saturated heterocycles. The van der Waals surface area contributed by atoms with Crippen molar-refractivity contribution in [3.8, 4) is 0 Å². The van der Waals surface area contributed by atoms with Gasteiger partial charge in [-0.05, 0) is 19.9 Å². The second kappa shape index (κ2) is 6.76. The second-order valence-corrected chi connectivity index (χ2v) is 4.41. The second-order valence-electron chi connectivity index (χ2n) is 3.77. The van der Waals surface area contributed by atoms with Crippen molar-refractivity contribution in [1.29, 1.82) is 0 Å². The zero-order valence-electron chi connectivity index (χ0n) is 10.4. The number of rotatable bonds is 6. The molecule has 1 heterocycles. The number of halogens is 1. The summed E-state index contributed by atoms with van der Waals surface area (Å²) in [7, 11) is 1.61. The molecule has 0 aliphatic carbocycles. The number of aromatic nitrogens is 2. The summed E-state index contributed by atoms with van der Waals surface area (Å²) in [6, 6.07) is 1.75. The molecule has 1 unspecified atom stereocenters. The number of ether oxygens (including phenoxy) is 1. The van der Waals surface area contributed by atoms with Gasteiger partial charge in [-0.1, -0.05) is 15.9 Å². The minimum atomic E-state index is -0.117. The van der Waals surface area contributed by atoms with Crippen molar-refractivity contribution in [1.82, 2.24) is 15.1 Å². The molecule has 96 valence electrons. The van der Waals surface area contributed by atoms with Gasteiger partial charge in [0.2, 0.25) is 0 Å². The van der Waals surface area contributed by atoms with E-state index in [0.29, 0.717) is 24.2 Å². The van der Waals surface area contributed by atoms with Crippen LogP contribution in [0, 0.1) is 6.92 Å². The first-order valence-corrected chi connectivity index (χ1v) is 6.64. The maximum atomic E-state index is 12.0. The summed E-state index contributed by atoms with van der Waals surface area (Å²) in [6.07, 6.45) is 0. The molecule has 0 aromatic carbocycles. The van der Waals surface area contributed by atoms with Crippen LogP contribution in [-0.4, -0.2) is 40.8 Å². The molecule has 0 fully saturated rings. The number of amides is 1. The predicted octanol–water partition coefficient (Wildman–Crippen LogP) is 1.35. The number of nitrogens with zero attached hydrogens (tertiary/aromatic N) is 2. The van der Waals surface area contributed by atoms with E-state index in [1.165, 1.54) is 0 Å². The van der Waals surface area contributed by atoms with Crippen LogP contribution in [0.1, 0.15) is 23.1 Å². The number of aryl methyl sites for hydroxylation is 2. The van der Waals surface area contributed by atoms with Crippen LogP contribution in [0.4, 0.5) is 0 Å². The van der Waals surface area contributed by atoms with Crippen molar-refractivity contribution in [3.05, 3.63) is 17.5 Å². The van der Waals surface area contributed by atoms with Crippen LogP contribution in [-0.2, 0) is 11.3 Å². The quantitative estimate of drug-likeness (QED) is 0.807. The van der Waals surface area contributed by atoms with E-state index in [1.54, 1.807) is 17.9 Å². The number of methoxy groups -OCH3 is 1. The first-order valence-electron chi connectivity index (χ1n) is 5.52. The largest absolute Gasteiger partial charge is 0.383 e. The Morgan fingerprint density at radius 2 is 2.41 bits per heavy atom. The number of nitrogens with one attached hydrogen (secondary N) is 1. The molecule has 17 heavy (non-hydrogen) atoms. The molecule has 0 aliphatic rings. The molecule has 1 N–H and O–H groups in total. The van der Waals surface area contributed by atoms with Gasteiger partial charge in [-0.2, -0.15) is 5.10 Å². The highest BCUT2D eigenvalue weighted by Gasteiger charge is 2.16. The van der Waals surface area contributed by atoms with Gasteiger partial charge in [0.15, 0.2) is 0 Å². The number of hydrogen-bond donors (Lipinski definition) is 1. The average molecular weight is 304 g/mol. The fourth-order valence-corrected chi connectivity index (χ4v) is 1.90. The highest BCUT2D eigenvalue weighted by Crippen LogP contribution is 2.04. The van der Waals surface area contributed by atoms with E-state index in [-0.39, 0.29) is 11.9 Å². The smallest absolute Gasteiger partial charge is 0.269 e. The van der Waals surface area contributed by atoms with E-state index in [1.807, 2.05) is 13.8 Å². The molecule has 6 heteroatoms. The third-order valence-electron chi connectivity index (χ3n) is 2.32. The highest BCUT2D eigenvalue weighted by atomic mass is 79.9. The summed E-state index contributed by atoms with van der Waals surface area (Å²) in [6.45, 7) is 5.00. The Morgan fingerprint density at radius 3 is 2.94 bits per heavy atom. The lowest BCUT2D eigenvalue weighted by Crippen LogP contribution is -2.40. The predicted molar refractivity (Wildman–Crippen MR) is 69.6 cm³/mol. The lowest BCUT2D eigenvalue weighted by molar-refractivity contribution is 0.0897. The average Bonchev–Trinajstić information content (AvgIpc) is 2.69. The van der Waals surface area contributed by atoms with Gasteiger partial charge in [0.25, 0.3) is 5.91 Å². The summed E-state index contributed by atoms with van der Waals surface area (Å²) in [5.74, 6) is -0.117. The first kappa shape index (κ1) is 14.2. The molecule has 0 radical (unpaired) electrons. The van der Waals surface area contributed by atoms with E-state index in [2.05, 4.69) is 26.3 Å². The third kappa shape index (κ3) is 3.81. The monoisotopic (exact) mass is 303 g/mol. The van der Waals surface area contributed by atoms with Crippen LogP contribution in [0.3, 0.4) is 0 Å². The maximum Gasteiger partial charge on any atom is 0.269 e. The zero-order valence-corrected chi connectivity index (χ0v) is 12.0. The summed E-state index contributed by atoms with van der Waals surface area (Å²) >= 11 is 3.34. The molecule has 1 aromatic rings. The molecule has 0 spiro atoms. The summed E-state index contributed by atoms with van der Waals surface area (Å²) in [4.78, 5) is 12.0. The molecule has 0 aliphatic heterocycles. The Balaban J connectivity index is 2.74. The molecule has 1 rings (SSSR count). The van der Waals surface area contributed by atoms with E-state index in [4.69, 9.17) is 4.74 Å². The molecule has 5 nitrogen and oxygen atoms in total. The van der Waals surface area contributed by atoms with Crippen LogP contribution >= 0.6 is 15.9 Å². The summed E-state index contributed by atoms with van der Waals surface area (Å²) in [5, 5.41) is 7.80. The minimum absolute atomic E-state index is 0.0342. The topological polar surface area (TPSA) is 56.2 Å². The Morgan fingerprint density at radius 1 is 1.71 bits per heavy atom. The van der Waals surface area contributed by atoms with E-state index in [0.717, 1.165) is 5.69 Å². The SMILES string of the molecule is CCn1nc(C)cc1C(=O)NC(CBr)COC. The number of hydrogen-bond acceptors (Lipinski definition) is 3. The Kier molecular flexibility index (Phi) is 5.64. The highest BCUT2D eigenvalue weighted by molar-refractivity contribution is 9.09.